The van der Waals surface area contributed by atoms with Crippen LogP contribution >= 0.6 is 11.8 Å². The number of hydrogen-bond acceptors (Lipinski definition) is 20. The molecule has 22 nitrogen and oxygen atoms in total. The molecule has 16 N–H and O–H groups in total. The lowest BCUT2D eigenvalue weighted by atomic mass is 9.94. The molecule has 3 rings (SSSR count). The van der Waals surface area contributed by atoms with Gasteiger partial charge in [-0.2, -0.15) is 11.8 Å². The molecule has 3 amide bonds. The Hall–Kier alpha value is -1.88. The van der Waals surface area contributed by atoms with Crippen LogP contribution in [-0.4, -0.2) is 210 Å². The molecule has 0 aliphatic carbocycles. The van der Waals surface area contributed by atoms with Gasteiger partial charge in [-0.1, -0.05) is 7.43 Å². The SMILES string of the molecule is C.CNC(=O)CCNC(=O)CSCCCC(=O)NCCCOC1OC(COC2OC(COCC3OC(CO)C(O)C(O)C3N)C(O)C(O)C2N)C(O)C(O)C1N. The van der Waals surface area contributed by atoms with E-state index >= 15 is 0 Å². The van der Waals surface area contributed by atoms with Gasteiger partial charge in [-0.3, -0.25) is 14.4 Å². The Bertz CT molecular complexity index is 1170. The molecular weight excluding hydrogens is 768 g/mol. The van der Waals surface area contributed by atoms with Crippen LogP contribution in [0, 0.1) is 0 Å². The Morgan fingerprint density at radius 1 is 0.643 bits per heavy atom. The Labute approximate surface area is 330 Å². The van der Waals surface area contributed by atoms with Crippen molar-refractivity contribution < 1.29 is 78.6 Å². The maximum Gasteiger partial charge on any atom is 0.230 e. The Balaban J connectivity index is 0.0000108. The standard InChI is InChI=1S/C32H60N6O16S.CH4/c1-36-19(40)5-7-38-21(42)14-55-9-2-4-20(41)37-6-3-8-50-31-23(34)29(47)27(45)18(54-31)13-51-32-24(35)30(48)26(44)17(53-32)12-49-11-16-22(33)28(46)25(43)15(10-39)52-16;/h15-18,22-32,39,43-48H,2-14,33-35H2,1H3,(H,36,40)(H,37,41)(H,38,42);1H4. The van der Waals surface area contributed by atoms with Gasteiger partial charge in [0.15, 0.2) is 12.6 Å². The second-order valence-corrected chi connectivity index (χ2v) is 14.6. The Morgan fingerprint density at radius 3 is 1.82 bits per heavy atom. The highest BCUT2D eigenvalue weighted by atomic mass is 32.2. The van der Waals surface area contributed by atoms with Crippen LogP contribution in [-0.2, 0) is 42.8 Å². The van der Waals surface area contributed by atoms with E-state index in [0.29, 0.717) is 18.6 Å². The van der Waals surface area contributed by atoms with Gasteiger partial charge in [0.25, 0.3) is 0 Å². The molecule has 56 heavy (non-hydrogen) atoms. The zero-order valence-corrected chi connectivity index (χ0v) is 31.6. The summed E-state index contributed by atoms with van der Waals surface area (Å²) in [4.78, 5) is 35.2. The average molecular weight is 833 g/mol. The fraction of sp³-hybridized carbons (Fsp3) is 0.909. The van der Waals surface area contributed by atoms with E-state index < -0.39 is 105 Å². The first kappa shape index (κ1) is 50.3. The number of aliphatic hydroxyl groups excluding tert-OH is 7. The summed E-state index contributed by atoms with van der Waals surface area (Å²) in [5.74, 6) is 0.312. The average Bonchev–Trinajstić information content (AvgIpc) is 3.17. The molecule has 3 aliphatic rings. The predicted molar refractivity (Wildman–Crippen MR) is 198 cm³/mol. The van der Waals surface area contributed by atoms with E-state index in [9.17, 15) is 50.1 Å². The summed E-state index contributed by atoms with van der Waals surface area (Å²) < 4.78 is 34.1. The number of aliphatic hydroxyl groups is 7. The second-order valence-electron chi connectivity index (χ2n) is 13.5. The molecule has 23 heteroatoms. The summed E-state index contributed by atoms with van der Waals surface area (Å²) in [6, 6.07) is -3.41. The van der Waals surface area contributed by atoms with Crippen LogP contribution in [0.25, 0.3) is 0 Å². The number of hydrogen-bond donors (Lipinski definition) is 13. The summed E-state index contributed by atoms with van der Waals surface area (Å²) in [6.45, 7) is -0.874. The number of carbonyl (C=O) groups excluding carboxylic acids is 3. The van der Waals surface area contributed by atoms with Crippen LogP contribution in [0.2, 0.25) is 0 Å². The van der Waals surface area contributed by atoms with Crippen LogP contribution in [0.15, 0.2) is 0 Å². The number of nitrogens with two attached hydrogens (primary N) is 3. The number of amides is 3. The lowest BCUT2D eigenvalue weighted by Gasteiger charge is -2.44. The lowest BCUT2D eigenvalue weighted by molar-refractivity contribution is -0.301. The first-order chi connectivity index (χ1) is 26.2. The van der Waals surface area contributed by atoms with E-state index in [0.717, 1.165) is 0 Å². The normalized spacial score (nSPS) is 35.9. The molecule has 15 atom stereocenters. The van der Waals surface area contributed by atoms with E-state index in [1.807, 2.05) is 0 Å². The van der Waals surface area contributed by atoms with Crippen LogP contribution < -0.4 is 33.2 Å². The third kappa shape index (κ3) is 15.1. The second kappa shape index (κ2) is 25.6. The van der Waals surface area contributed by atoms with Crippen molar-refractivity contribution in [3.63, 3.8) is 0 Å². The zero-order chi connectivity index (χ0) is 40.7. The number of ether oxygens (including phenoxy) is 6. The molecule has 0 spiro atoms. The first-order valence-corrected chi connectivity index (χ1v) is 19.4. The Kier molecular flexibility index (Phi) is 23.0. The van der Waals surface area contributed by atoms with Gasteiger partial charge in [0, 0.05) is 33.0 Å². The van der Waals surface area contributed by atoms with Crippen LogP contribution in [0.3, 0.4) is 0 Å². The Morgan fingerprint density at radius 2 is 1.20 bits per heavy atom. The minimum atomic E-state index is -1.52. The van der Waals surface area contributed by atoms with Crippen molar-refractivity contribution in [1.82, 2.24) is 16.0 Å². The van der Waals surface area contributed by atoms with Crippen LogP contribution in [0.5, 0.6) is 0 Å². The van der Waals surface area contributed by atoms with Gasteiger partial charge in [0.2, 0.25) is 17.7 Å². The van der Waals surface area contributed by atoms with Crippen LogP contribution in [0.4, 0.5) is 0 Å². The molecule has 3 aliphatic heterocycles. The fourth-order valence-electron chi connectivity index (χ4n) is 5.91. The first-order valence-electron chi connectivity index (χ1n) is 18.2. The van der Waals surface area contributed by atoms with Crippen molar-refractivity contribution in [2.45, 2.75) is 125 Å². The highest BCUT2D eigenvalue weighted by molar-refractivity contribution is 7.99. The molecule has 0 radical (unpaired) electrons. The molecule has 3 fully saturated rings. The fourth-order valence-corrected chi connectivity index (χ4v) is 6.69. The maximum absolute atomic E-state index is 12.2. The monoisotopic (exact) mass is 832 g/mol. The van der Waals surface area contributed by atoms with E-state index in [1.54, 1.807) is 0 Å². The molecule has 3 heterocycles. The van der Waals surface area contributed by atoms with Gasteiger partial charge in [-0.25, -0.2) is 0 Å². The van der Waals surface area contributed by atoms with Gasteiger partial charge in [0.1, 0.15) is 54.9 Å². The van der Waals surface area contributed by atoms with Crippen molar-refractivity contribution in [1.29, 1.82) is 0 Å². The van der Waals surface area contributed by atoms with Crippen LogP contribution in [0.1, 0.15) is 33.1 Å². The minimum Gasteiger partial charge on any atom is -0.394 e. The van der Waals surface area contributed by atoms with Crippen molar-refractivity contribution in [3.8, 4) is 0 Å². The summed E-state index contributed by atoms with van der Waals surface area (Å²) in [7, 11) is 1.52. The molecule has 0 saturated carbocycles. The molecule has 0 aromatic carbocycles. The van der Waals surface area contributed by atoms with E-state index in [1.165, 1.54) is 18.8 Å². The summed E-state index contributed by atoms with van der Waals surface area (Å²) in [6.07, 6.45) is -14.2. The molecule has 0 aromatic heterocycles. The largest absolute Gasteiger partial charge is 0.394 e. The van der Waals surface area contributed by atoms with Crippen molar-refractivity contribution in [3.05, 3.63) is 0 Å². The summed E-state index contributed by atoms with van der Waals surface area (Å²) in [5, 5.41) is 79.8. The van der Waals surface area contributed by atoms with Crippen molar-refractivity contribution in [2.75, 3.05) is 64.7 Å². The van der Waals surface area contributed by atoms with Gasteiger partial charge in [0.05, 0.1) is 63.0 Å². The van der Waals surface area contributed by atoms with Crippen molar-refractivity contribution >= 4 is 29.5 Å². The van der Waals surface area contributed by atoms with E-state index in [-0.39, 0.29) is 76.7 Å². The molecule has 328 valence electrons. The van der Waals surface area contributed by atoms with Gasteiger partial charge >= 0.3 is 0 Å². The third-order valence-electron chi connectivity index (χ3n) is 9.37. The molecule has 0 bridgehead atoms. The number of thioether (sulfide) groups is 1. The maximum atomic E-state index is 12.2. The highest BCUT2D eigenvalue weighted by Crippen LogP contribution is 2.26. The van der Waals surface area contributed by atoms with Gasteiger partial charge in [-0.15, -0.1) is 0 Å². The van der Waals surface area contributed by atoms with Gasteiger partial charge in [-0.05, 0) is 18.6 Å². The predicted octanol–water partition coefficient (Wildman–Crippen LogP) is -6.70. The summed E-state index contributed by atoms with van der Waals surface area (Å²) >= 11 is 1.39. The molecular formula is C33H64N6O16S. The smallest absolute Gasteiger partial charge is 0.230 e. The quantitative estimate of drug-likeness (QED) is 0.0451. The van der Waals surface area contributed by atoms with E-state index in [2.05, 4.69) is 16.0 Å². The summed E-state index contributed by atoms with van der Waals surface area (Å²) in [5.41, 5.74) is 18.0. The number of rotatable bonds is 22. The molecule has 15 unspecified atom stereocenters. The van der Waals surface area contributed by atoms with Crippen molar-refractivity contribution in [2.24, 2.45) is 17.2 Å². The lowest BCUT2D eigenvalue weighted by Crippen LogP contribution is -2.65. The third-order valence-corrected chi connectivity index (χ3v) is 10.4. The van der Waals surface area contributed by atoms with Gasteiger partial charge < -0.3 is 97.3 Å². The molecule has 0 aromatic rings. The minimum absolute atomic E-state index is 0. The zero-order valence-electron chi connectivity index (χ0n) is 30.8. The molecule has 3 saturated heterocycles. The van der Waals surface area contributed by atoms with E-state index in [4.69, 9.17) is 45.6 Å². The highest BCUT2D eigenvalue weighted by Gasteiger charge is 2.47. The number of carbonyl (C=O) groups is 3. The topological polar surface area (TPSA) is 362 Å². The number of nitrogens with one attached hydrogen (secondary N) is 3.